The van der Waals surface area contributed by atoms with Gasteiger partial charge in [0.2, 0.25) is 5.95 Å². The Morgan fingerprint density at radius 1 is 1.19 bits per heavy atom. The summed E-state index contributed by atoms with van der Waals surface area (Å²) in [5.74, 6) is 1.98. The number of rotatable bonds is 7. The predicted molar refractivity (Wildman–Crippen MR) is 137 cm³/mol. The van der Waals surface area contributed by atoms with E-state index in [1.165, 1.54) is 0 Å². The highest BCUT2D eigenvalue weighted by Crippen LogP contribution is 2.34. The van der Waals surface area contributed by atoms with Gasteiger partial charge in [0.25, 0.3) is 6.29 Å². The van der Waals surface area contributed by atoms with Crippen LogP contribution in [0, 0.1) is 6.92 Å². The van der Waals surface area contributed by atoms with E-state index in [0.717, 1.165) is 30.8 Å². The minimum atomic E-state index is -0.603. The van der Waals surface area contributed by atoms with E-state index in [-0.39, 0.29) is 18.7 Å². The highest BCUT2D eigenvalue weighted by molar-refractivity contribution is 5.68. The molecule has 0 bridgehead atoms. The van der Waals surface area contributed by atoms with Crippen molar-refractivity contribution in [3.63, 3.8) is 0 Å². The second kappa shape index (κ2) is 10.4. The first-order valence-electron chi connectivity index (χ1n) is 12.7. The fraction of sp³-hybridized carbons (Fsp3) is 0.481. The van der Waals surface area contributed by atoms with Gasteiger partial charge in [-0.3, -0.25) is 14.4 Å². The maximum Gasteiger partial charge on any atom is 0.410 e. The van der Waals surface area contributed by atoms with Gasteiger partial charge in [0.1, 0.15) is 11.9 Å². The number of para-hydroxylation sites is 2. The number of benzene rings is 1. The Labute approximate surface area is 217 Å². The molecular formula is C27H34N6O4. The summed E-state index contributed by atoms with van der Waals surface area (Å²) in [6.07, 6.45) is 6.36. The van der Waals surface area contributed by atoms with Crippen LogP contribution in [0.1, 0.15) is 51.0 Å². The summed E-state index contributed by atoms with van der Waals surface area (Å²) in [5.41, 5.74) is 1.29. The summed E-state index contributed by atoms with van der Waals surface area (Å²) in [6.45, 7) is 9.93. The number of fused-ring (bicyclic) bond motifs is 1. The lowest BCUT2D eigenvalue weighted by Crippen LogP contribution is -2.46. The van der Waals surface area contributed by atoms with Crippen LogP contribution in [0.15, 0.2) is 49.1 Å². The fourth-order valence-corrected chi connectivity index (χ4v) is 4.71. The third-order valence-electron chi connectivity index (χ3n) is 6.35. The van der Waals surface area contributed by atoms with Crippen molar-refractivity contribution in [3.8, 4) is 17.4 Å². The van der Waals surface area contributed by atoms with Gasteiger partial charge in [-0.2, -0.15) is 0 Å². The number of carbonyl (C=O) groups excluding carboxylic acids is 1. The monoisotopic (exact) mass is 506 g/mol. The number of aromatic nitrogens is 4. The molecule has 196 valence electrons. The maximum atomic E-state index is 13.1. The topological polar surface area (TPSA) is 94.8 Å². The van der Waals surface area contributed by atoms with Gasteiger partial charge < -0.3 is 14.2 Å². The standard InChI is InChI=1S/C27H34N6O4/c1-19-16-20(30-25(29-19)33-13-11-28-18-33)21-8-7-12-31(21)14-15-32(26(34)37-27(2,3)4)17-24-35-22-9-5-6-10-23(22)36-24/h5-6,9-11,13,16,18,21,24H,7-8,12,14-15,17H2,1-4H3. The second-order valence-corrected chi connectivity index (χ2v) is 10.4. The minimum Gasteiger partial charge on any atom is -0.449 e. The summed E-state index contributed by atoms with van der Waals surface area (Å²) in [6, 6.07) is 9.72. The number of aryl methyl sites for hydroxylation is 1. The van der Waals surface area contributed by atoms with E-state index in [2.05, 4.69) is 14.9 Å². The van der Waals surface area contributed by atoms with Gasteiger partial charge in [-0.1, -0.05) is 12.1 Å². The van der Waals surface area contributed by atoms with E-state index in [4.69, 9.17) is 19.2 Å². The molecular weight excluding hydrogens is 472 g/mol. The fourth-order valence-electron chi connectivity index (χ4n) is 4.71. The van der Waals surface area contributed by atoms with Crippen LogP contribution >= 0.6 is 0 Å². The van der Waals surface area contributed by atoms with Gasteiger partial charge in [0.15, 0.2) is 11.5 Å². The van der Waals surface area contributed by atoms with E-state index < -0.39 is 11.9 Å². The van der Waals surface area contributed by atoms with Gasteiger partial charge in [0.05, 0.1) is 18.3 Å². The van der Waals surface area contributed by atoms with Crippen LogP contribution in [0.3, 0.4) is 0 Å². The summed E-state index contributed by atoms with van der Waals surface area (Å²) in [5, 5.41) is 0. The molecule has 0 N–H and O–H groups in total. The molecule has 2 aliphatic heterocycles. The van der Waals surface area contributed by atoms with Gasteiger partial charge in [-0.15, -0.1) is 0 Å². The molecule has 0 saturated carbocycles. The Bertz CT molecular complexity index is 1200. The van der Waals surface area contributed by atoms with Crippen molar-refractivity contribution in [3.05, 3.63) is 60.4 Å². The Hall–Kier alpha value is -3.66. The Kier molecular flexibility index (Phi) is 7.01. The molecule has 2 aliphatic rings. The molecule has 1 unspecified atom stereocenters. The molecule has 0 spiro atoms. The molecule has 1 amide bonds. The number of likely N-dealkylation sites (tertiary alicyclic amines) is 1. The number of hydrogen-bond donors (Lipinski definition) is 0. The molecule has 1 fully saturated rings. The summed E-state index contributed by atoms with van der Waals surface area (Å²) in [4.78, 5) is 30.7. The van der Waals surface area contributed by atoms with E-state index >= 15 is 0 Å². The Morgan fingerprint density at radius 3 is 2.62 bits per heavy atom. The van der Waals surface area contributed by atoms with Crippen molar-refractivity contribution in [2.24, 2.45) is 0 Å². The van der Waals surface area contributed by atoms with Crippen molar-refractivity contribution in [2.45, 2.75) is 58.5 Å². The predicted octanol–water partition coefficient (Wildman–Crippen LogP) is 4.14. The van der Waals surface area contributed by atoms with Crippen molar-refractivity contribution >= 4 is 6.09 Å². The summed E-state index contributed by atoms with van der Waals surface area (Å²) in [7, 11) is 0. The van der Waals surface area contributed by atoms with Crippen LogP contribution < -0.4 is 9.47 Å². The van der Waals surface area contributed by atoms with Gasteiger partial charge in [-0.25, -0.2) is 19.7 Å². The minimum absolute atomic E-state index is 0.146. The second-order valence-electron chi connectivity index (χ2n) is 10.4. The highest BCUT2D eigenvalue weighted by atomic mass is 16.7. The van der Waals surface area contributed by atoms with E-state index in [1.807, 2.05) is 68.8 Å². The summed E-state index contributed by atoms with van der Waals surface area (Å²) >= 11 is 0. The third-order valence-corrected chi connectivity index (χ3v) is 6.35. The first kappa shape index (κ1) is 25.0. The van der Waals surface area contributed by atoms with E-state index in [9.17, 15) is 4.79 Å². The Morgan fingerprint density at radius 2 is 1.95 bits per heavy atom. The first-order valence-corrected chi connectivity index (χ1v) is 12.7. The zero-order chi connectivity index (χ0) is 26.0. The van der Waals surface area contributed by atoms with Crippen LogP contribution in [-0.2, 0) is 4.74 Å². The lowest BCUT2D eigenvalue weighted by atomic mass is 10.1. The largest absolute Gasteiger partial charge is 0.449 e. The maximum absolute atomic E-state index is 13.1. The zero-order valence-corrected chi connectivity index (χ0v) is 21.8. The molecule has 1 atom stereocenters. The van der Waals surface area contributed by atoms with Crippen LogP contribution in [0.25, 0.3) is 5.95 Å². The molecule has 10 nitrogen and oxygen atoms in total. The van der Waals surface area contributed by atoms with Crippen LogP contribution in [0.5, 0.6) is 11.5 Å². The number of hydrogen-bond acceptors (Lipinski definition) is 8. The molecule has 5 rings (SSSR count). The van der Waals surface area contributed by atoms with Crippen LogP contribution in [-0.4, -0.2) is 73.5 Å². The first-order chi connectivity index (χ1) is 17.7. The molecule has 4 heterocycles. The number of imidazole rings is 1. The van der Waals surface area contributed by atoms with Crippen molar-refractivity contribution in [1.29, 1.82) is 0 Å². The Balaban J connectivity index is 1.29. The average Bonchev–Trinajstić information content (AvgIpc) is 3.60. The third kappa shape index (κ3) is 6.02. The number of amides is 1. The zero-order valence-electron chi connectivity index (χ0n) is 21.8. The van der Waals surface area contributed by atoms with Gasteiger partial charge in [-0.05, 0) is 65.3 Å². The van der Waals surface area contributed by atoms with E-state index in [0.29, 0.717) is 30.5 Å². The van der Waals surface area contributed by atoms with Crippen LogP contribution in [0.4, 0.5) is 4.79 Å². The number of carbonyl (C=O) groups is 1. The SMILES string of the molecule is Cc1cc(C2CCCN2CCN(CC2Oc3ccccc3O2)C(=O)OC(C)(C)C)nc(-n2ccnc2)n1. The van der Waals surface area contributed by atoms with Crippen molar-refractivity contribution in [1.82, 2.24) is 29.3 Å². The van der Waals surface area contributed by atoms with Gasteiger partial charge in [0, 0.05) is 31.2 Å². The number of nitrogens with zero attached hydrogens (tertiary/aromatic N) is 6. The van der Waals surface area contributed by atoms with E-state index in [1.54, 1.807) is 17.4 Å². The van der Waals surface area contributed by atoms with Crippen molar-refractivity contribution < 1.29 is 19.0 Å². The smallest absolute Gasteiger partial charge is 0.410 e. The lowest BCUT2D eigenvalue weighted by molar-refractivity contribution is -0.0128. The lowest BCUT2D eigenvalue weighted by Gasteiger charge is -2.31. The number of ether oxygens (including phenoxy) is 3. The molecule has 1 aromatic carbocycles. The molecule has 0 radical (unpaired) electrons. The molecule has 2 aromatic heterocycles. The van der Waals surface area contributed by atoms with Crippen molar-refractivity contribution in [2.75, 3.05) is 26.2 Å². The van der Waals surface area contributed by atoms with Crippen LogP contribution in [0.2, 0.25) is 0 Å². The summed E-state index contributed by atoms with van der Waals surface area (Å²) < 4.78 is 19.4. The molecule has 0 aliphatic carbocycles. The average molecular weight is 507 g/mol. The molecule has 3 aromatic rings. The molecule has 37 heavy (non-hydrogen) atoms. The highest BCUT2D eigenvalue weighted by Gasteiger charge is 2.33. The van der Waals surface area contributed by atoms with Gasteiger partial charge >= 0.3 is 6.09 Å². The quantitative estimate of drug-likeness (QED) is 0.472. The molecule has 1 saturated heterocycles. The normalized spacial score (nSPS) is 17.8. The molecule has 10 heteroatoms.